The maximum absolute atomic E-state index is 11.7. The van der Waals surface area contributed by atoms with Gasteiger partial charge in [-0.25, -0.2) is 9.59 Å². The third-order valence-electron chi connectivity index (χ3n) is 6.70. The first kappa shape index (κ1) is 45.7. The normalized spacial score (nSPS) is 23.2. The molecule has 1 spiro atoms. The molecule has 4 fully saturated rings. The second-order valence-corrected chi connectivity index (χ2v) is 9.59. The number of cyclic esters (lactones) is 3. The van der Waals surface area contributed by atoms with Crippen LogP contribution in [0.25, 0.3) is 0 Å². The van der Waals surface area contributed by atoms with Gasteiger partial charge in [0.25, 0.3) is 0 Å². The molecule has 242 valence electrons. The van der Waals surface area contributed by atoms with E-state index in [9.17, 15) is 24.0 Å². The van der Waals surface area contributed by atoms with Gasteiger partial charge in [0.05, 0.1) is 12.5 Å². The molecule has 0 aromatic rings. The molecule has 9 heteroatoms. The van der Waals surface area contributed by atoms with Crippen molar-refractivity contribution < 1.29 is 42.9 Å². The summed E-state index contributed by atoms with van der Waals surface area (Å²) in [4.78, 5) is 55.8. The zero-order valence-corrected chi connectivity index (χ0v) is 24.0. The first-order valence-electron chi connectivity index (χ1n) is 13.6. The van der Waals surface area contributed by atoms with Crippen LogP contribution in [-0.2, 0) is 42.9 Å². The molecule has 9 nitrogen and oxygen atoms in total. The van der Waals surface area contributed by atoms with Crippen molar-refractivity contribution in [3.63, 3.8) is 0 Å². The number of carbonyl (C=O) groups excluding carboxylic acids is 5. The number of ketones is 1. The van der Waals surface area contributed by atoms with Gasteiger partial charge in [0, 0.05) is 0 Å². The van der Waals surface area contributed by atoms with Crippen LogP contribution in [0.1, 0.15) is 121 Å². The van der Waals surface area contributed by atoms with Crippen molar-refractivity contribution in [2.75, 3.05) is 6.61 Å². The minimum absolute atomic E-state index is 0. The summed E-state index contributed by atoms with van der Waals surface area (Å²) in [7, 11) is 0. The van der Waals surface area contributed by atoms with Gasteiger partial charge in [-0.05, 0) is 60.3 Å². The summed E-state index contributed by atoms with van der Waals surface area (Å²) >= 11 is 0. The Balaban J connectivity index is -0.000000233. The standard InChI is InChI=1S/C10H14O3.C9H16O2.C6H8O4.C3H4.C2H2.3CH4/c1-7-8(11)10(9(12)13-7)5-3-2-4-6-10;1-2-11-9(10)8-6-4-3-5-7-8;1-3-5(7)10-4(2)6(8)9-3;1-3-2;1-2;;;/h7H,2-6H2,1H3;8H,2-7H2,1H3;3-4H,1-2H3;1H,2H3;1-2H;3*1H4/t7-;;3-,4-;;;;;/m0.0...../s1. The Labute approximate surface area is 255 Å². The average molecular weight is 597 g/mol. The summed E-state index contributed by atoms with van der Waals surface area (Å²) in [6.45, 7) is 8.66. The predicted octanol–water partition coefficient (Wildman–Crippen LogP) is 6.24. The van der Waals surface area contributed by atoms with E-state index >= 15 is 0 Å². The van der Waals surface area contributed by atoms with Gasteiger partial charge in [0.15, 0.2) is 24.1 Å². The highest BCUT2D eigenvalue weighted by Gasteiger charge is 2.55. The SMILES string of the molecule is C.C.C.C#C.C#CC.CCOC(=O)C1CCCCC1.C[C@@H]1OC(=O)C2(CCCCC2)C1=O.C[C@@H]1OC(=O)[C@H](C)OC1=O. The highest BCUT2D eigenvalue weighted by molar-refractivity contribution is 6.10. The lowest BCUT2D eigenvalue weighted by Gasteiger charge is -2.27. The van der Waals surface area contributed by atoms with Crippen LogP contribution in [0.5, 0.6) is 0 Å². The van der Waals surface area contributed by atoms with Gasteiger partial charge in [-0.2, -0.15) is 0 Å². The Kier molecular flexibility index (Phi) is 26.4. The first-order chi connectivity index (χ1) is 18.5. The molecule has 2 saturated heterocycles. The van der Waals surface area contributed by atoms with Gasteiger partial charge in [0.2, 0.25) is 0 Å². The molecule has 3 atom stereocenters. The third-order valence-corrected chi connectivity index (χ3v) is 6.70. The van der Waals surface area contributed by atoms with Crippen molar-refractivity contribution in [3.05, 3.63) is 0 Å². The molecule has 2 heterocycles. The van der Waals surface area contributed by atoms with Gasteiger partial charge >= 0.3 is 23.9 Å². The van der Waals surface area contributed by atoms with E-state index in [-0.39, 0.29) is 45.9 Å². The number of carbonyl (C=O) groups is 5. The van der Waals surface area contributed by atoms with Crippen LogP contribution < -0.4 is 0 Å². The van der Waals surface area contributed by atoms with E-state index < -0.39 is 35.7 Å². The van der Waals surface area contributed by atoms with Crippen LogP contribution in [0.2, 0.25) is 0 Å². The molecule has 0 aromatic heterocycles. The number of terminal acetylenes is 2. The second kappa shape index (κ2) is 24.3. The van der Waals surface area contributed by atoms with E-state index in [1.54, 1.807) is 13.8 Å². The quantitative estimate of drug-likeness (QED) is 0.158. The van der Waals surface area contributed by atoms with Gasteiger partial charge in [-0.1, -0.05) is 60.8 Å². The van der Waals surface area contributed by atoms with Crippen LogP contribution in [0.15, 0.2) is 0 Å². The summed E-state index contributed by atoms with van der Waals surface area (Å²) in [5.74, 6) is 1.26. The molecule has 0 N–H and O–H groups in total. The summed E-state index contributed by atoms with van der Waals surface area (Å²) < 4.78 is 19.1. The lowest BCUT2D eigenvalue weighted by molar-refractivity contribution is -0.191. The minimum Gasteiger partial charge on any atom is -0.466 e. The molecular weight excluding hydrogens is 540 g/mol. The molecule has 4 rings (SSSR count). The van der Waals surface area contributed by atoms with Crippen molar-refractivity contribution in [1.29, 1.82) is 0 Å². The van der Waals surface area contributed by atoms with Crippen molar-refractivity contribution >= 4 is 29.7 Å². The van der Waals surface area contributed by atoms with Crippen molar-refractivity contribution in [1.82, 2.24) is 0 Å². The highest BCUT2D eigenvalue weighted by atomic mass is 16.6. The highest BCUT2D eigenvalue weighted by Crippen LogP contribution is 2.43. The maximum Gasteiger partial charge on any atom is 0.347 e. The largest absolute Gasteiger partial charge is 0.466 e. The molecular formula is C33H56O9. The second-order valence-electron chi connectivity index (χ2n) is 9.59. The summed E-state index contributed by atoms with van der Waals surface area (Å²) in [6, 6.07) is 0. The Morgan fingerprint density at radius 1 is 0.810 bits per heavy atom. The fraction of sp³-hybridized carbons (Fsp3) is 0.727. The van der Waals surface area contributed by atoms with E-state index in [0.29, 0.717) is 19.4 Å². The Bertz CT molecular complexity index is 852. The first-order valence-corrected chi connectivity index (χ1v) is 13.6. The molecule has 42 heavy (non-hydrogen) atoms. The van der Waals surface area contributed by atoms with Gasteiger partial charge in [-0.15, -0.1) is 25.2 Å². The number of rotatable bonds is 2. The van der Waals surface area contributed by atoms with Crippen molar-refractivity contribution in [2.24, 2.45) is 11.3 Å². The average Bonchev–Trinajstić information content (AvgIpc) is 3.14. The predicted molar refractivity (Wildman–Crippen MR) is 165 cm³/mol. The van der Waals surface area contributed by atoms with Gasteiger partial charge < -0.3 is 18.9 Å². The molecule has 2 saturated carbocycles. The summed E-state index contributed by atoms with van der Waals surface area (Å²) in [5, 5.41) is 0. The van der Waals surface area contributed by atoms with Crippen LogP contribution >= 0.6 is 0 Å². The Morgan fingerprint density at radius 3 is 1.57 bits per heavy atom. The summed E-state index contributed by atoms with van der Waals surface area (Å²) in [6.07, 6.45) is 20.9. The van der Waals surface area contributed by atoms with Gasteiger partial charge in [0.1, 0.15) is 5.41 Å². The zero-order valence-electron chi connectivity index (χ0n) is 24.0. The third kappa shape index (κ3) is 14.0. The van der Waals surface area contributed by atoms with Crippen molar-refractivity contribution in [3.8, 4) is 25.2 Å². The molecule has 0 amide bonds. The Hall–Kier alpha value is -3.33. The number of Topliss-reactive ketones (excluding diaryl/α,β-unsaturated/α-hetero) is 1. The lowest BCUT2D eigenvalue weighted by atomic mass is 9.71. The molecule has 0 bridgehead atoms. The van der Waals surface area contributed by atoms with Crippen LogP contribution in [-0.4, -0.2) is 54.6 Å². The van der Waals surface area contributed by atoms with Crippen LogP contribution in [0.4, 0.5) is 0 Å². The van der Waals surface area contributed by atoms with E-state index in [1.165, 1.54) is 33.1 Å². The fourth-order valence-corrected chi connectivity index (χ4v) is 4.66. The smallest absolute Gasteiger partial charge is 0.347 e. The molecule has 0 radical (unpaired) electrons. The number of hydrogen-bond acceptors (Lipinski definition) is 9. The van der Waals surface area contributed by atoms with E-state index in [0.717, 1.165) is 32.1 Å². The fourth-order valence-electron chi connectivity index (χ4n) is 4.66. The van der Waals surface area contributed by atoms with Crippen LogP contribution in [0.3, 0.4) is 0 Å². The monoisotopic (exact) mass is 596 g/mol. The summed E-state index contributed by atoms with van der Waals surface area (Å²) in [5.41, 5.74) is -0.738. The molecule has 4 aliphatic rings. The van der Waals surface area contributed by atoms with E-state index in [4.69, 9.17) is 9.47 Å². The van der Waals surface area contributed by atoms with E-state index in [2.05, 4.69) is 34.7 Å². The van der Waals surface area contributed by atoms with Crippen molar-refractivity contribution in [2.45, 2.75) is 139 Å². The lowest BCUT2D eigenvalue weighted by Crippen LogP contribution is -2.40. The number of hydrogen-bond donors (Lipinski definition) is 0. The topological polar surface area (TPSA) is 122 Å². The minimum atomic E-state index is -0.747. The number of esters is 4. The maximum atomic E-state index is 11.7. The molecule has 2 aliphatic heterocycles. The Morgan fingerprint density at radius 2 is 1.21 bits per heavy atom. The zero-order chi connectivity index (χ0) is 30.0. The molecule has 2 aliphatic carbocycles. The number of ether oxygens (including phenoxy) is 4. The van der Waals surface area contributed by atoms with E-state index in [1.807, 2.05) is 6.92 Å². The molecule has 0 aromatic carbocycles. The van der Waals surface area contributed by atoms with Gasteiger partial charge in [-0.3, -0.25) is 14.4 Å². The molecule has 0 unspecified atom stereocenters. The van der Waals surface area contributed by atoms with Crippen LogP contribution in [0, 0.1) is 36.5 Å².